The summed E-state index contributed by atoms with van der Waals surface area (Å²) < 4.78 is 6.03. The van der Waals surface area contributed by atoms with Gasteiger partial charge in [0.1, 0.15) is 12.4 Å². The molecule has 1 aliphatic heterocycles. The Bertz CT molecular complexity index is 647. The topological polar surface area (TPSA) is 45.6 Å². The maximum absolute atomic E-state index is 9.64. The zero-order valence-electron chi connectivity index (χ0n) is 14.3. The second-order valence-corrected chi connectivity index (χ2v) is 7.04. The van der Waals surface area contributed by atoms with Crippen LogP contribution < -0.4 is 4.74 Å². The highest BCUT2D eigenvalue weighted by molar-refractivity contribution is 5.33. The monoisotopic (exact) mass is 326 g/mol. The molecule has 0 amide bonds. The first-order valence-electron chi connectivity index (χ1n) is 8.61. The van der Waals surface area contributed by atoms with Crippen molar-refractivity contribution in [2.75, 3.05) is 19.7 Å². The van der Waals surface area contributed by atoms with Crippen LogP contribution in [0.2, 0.25) is 0 Å². The van der Waals surface area contributed by atoms with E-state index in [1.54, 1.807) is 6.20 Å². The molecule has 0 radical (unpaired) electrons. The number of ether oxygens (including phenoxy) is 1. The van der Waals surface area contributed by atoms with Crippen molar-refractivity contribution in [2.24, 2.45) is 5.41 Å². The van der Waals surface area contributed by atoms with E-state index in [-0.39, 0.29) is 12.0 Å². The lowest BCUT2D eigenvalue weighted by Crippen LogP contribution is -2.43. The number of likely N-dealkylation sites (tertiary alicyclic amines) is 1. The zero-order valence-corrected chi connectivity index (χ0v) is 14.3. The molecule has 1 N–H and O–H groups in total. The van der Waals surface area contributed by atoms with Crippen molar-refractivity contribution in [1.82, 2.24) is 9.88 Å². The lowest BCUT2D eigenvalue weighted by Gasteiger charge is -2.39. The largest absolute Gasteiger partial charge is 0.489 e. The zero-order chi connectivity index (χ0) is 16.8. The summed E-state index contributed by atoms with van der Waals surface area (Å²) in [5.41, 5.74) is 2.28. The number of aliphatic hydroxyl groups excluding tert-OH is 1. The molecule has 2 heterocycles. The molecule has 1 aromatic heterocycles. The fourth-order valence-electron chi connectivity index (χ4n) is 3.35. The summed E-state index contributed by atoms with van der Waals surface area (Å²) in [4.78, 5) is 6.55. The van der Waals surface area contributed by atoms with Crippen LogP contribution in [0.3, 0.4) is 0 Å². The fourth-order valence-corrected chi connectivity index (χ4v) is 3.35. The number of hydrogen-bond acceptors (Lipinski definition) is 4. The van der Waals surface area contributed by atoms with Crippen LogP contribution in [0.4, 0.5) is 0 Å². The maximum Gasteiger partial charge on any atom is 0.124 e. The van der Waals surface area contributed by atoms with Gasteiger partial charge in [-0.15, -0.1) is 0 Å². The molecule has 2 aromatic rings. The van der Waals surface area contributed by atoms with E-state index in [1.165, 1.54) is 5.56 Å². The molecule has 0 aliphatic carbocycles. The van der Waals surface area contributed by atoms with Crippen LogP contribution in [0, 0.1) is 5.41 Å². The number of para-hydroxylation sites is 1. The minimum atomic E-state index is 0.0176. The minimum absolute atomic E-state index is 0.0176. The van der Waals surface area contributed by atoms with Gasteiger partial charge in [-0.2, -0.15) is 0 Å². The molecule has 1 aliphatic rings. The van der Waals surface area contributed by atoms with E-state index < -0.39 is 0 Å². The highest BCUT2D eigenvalue weighted by atomic mass is 16.5. The van der Waals surface area contributed by atoms with E-state index in [1.807, 2.05) is 30.5 Å². The smallest absolute Gasteiger partial charge is 0.124 e. The van der Waals surface area contributed by atoms with Gasteiger partial charge in [-0.25, -0.2) is 0 Å². The summed E-state index contributed by atoms with van der Waals surface area (Å²) >= 11 is 0. The molecule has 1 aromatic carbocycles. The predicted octanol–water partition coefficient (Wildman–Crippen LogP) is 3.26. The van der Waals surface area contributed by atoms with E-state index in [9.17, 15) is 5.11 Å². The van der Waals surface area contributed by atoms with Crippen LogP contribution >= 0.6 is 0 Å². The molecule has 1 saturated heterocycles. The van der Waals surface area contributed by atoms with E-state index in [2.05, 4.69) is 28.9 Å². The van der Waals surface area contributed by atoms with Gasteiger partial charge >= 0.3 is 0 Å². The second kappa shape index (κ2) is 7.77. The summed E-state index contributed by atoms with van der Waals surface area (Å²) in [5, 5.41) is 9.64. The molecule has 1 atom stereocenters. The highest BCUT2D eigenvalue weighted by Gasteiger charge is 2.30. The number of benzene rings is 1. The Morgan fingerprint density at radius 2 is 2.12 bits per heavy atom. The van der Waals surface area contributed by atoms with Crippen LogP contribution in [0.5, 0.6) is 5.75 Å². The molecular formula is C20H26N2O2. The Morgan fingerprint density at radius 1 is 1.25 bits per heavy atom. The van der Waals surface area contributed by atoms with Crippen molar-refractivity contribution >= 4 is 0 Å². The molecule has 3 rings (SSSR count). The number of aromatic nitrogens is 1. The summed E-state index contributed by atoms with van der Waals surface area (Å²) in [5.74, 6) is 0.928. The quantitative estimate of drug-likeness (QED) is 0.885. The number of hydrogen-bond donors (Lipinski definition) is 1. The third kappa shape index (κ3) is 4.34. The van der Waals surface area contributed by atoms with Gasteiger partial charge in [-0.1, -0.05) is 31.2 Å². The van der Waals surface area contributed by atoms with Crippen molar-refractivity contribution in [1.29, 1.82) is 0 Å². The van der Waals surface area contributed by atoms with Crippen molar-refractivity contribution in [3.05, 3.63) is 59.9 Å². The summed E-state index contributed by atoms with van der Waals surface area (Å²) in [6.07, 6.45) is 5.83. The number of piperidine rings is 1. The van der Waals surface area contributed by atoms with Crippen LogP contribution in [-0.4, -0.2) is 34.7 Å². The van der Waals surface area contributed by atoms with Crippen molar-refractivity contribution < 1.29 is 9.84 Å². The Balaban J connectivity index is 1.65. The van der Waals surface area contributed by atoms with E-state index in [0.717, 1.165) is 43.8 Å². The Morgan fingerprint density at radius 3 is 2.92 bits per heavy atom. The average molecular weight is 326 g/mol. The molecule has 24 heavy (non-hydrogen) atoms. The Hall–Kier alpha value is -1.91. The lowest BCUT2D eigenvalue weighted by molar-refractivity contribution is 0.0425. The van der Waals surface area contributed by atoms with Gasteiger partial charge in [0.05, 0.1) is 0 Å². The number of pyridine rings is 1. The Kier molecular flexibility index (Phi) is 5.48. The van der Waals surface area contributed by atoms with Crippen molar-refractivity contribution in [3.8, 4) is 5.75 Å². The molecule has 1 fully saturated rings. The standard InChI is InChI=1S/C20H26N2O2/c1-20(16-23)9-5-11-22(15-20)13-18-7-2-3-8-19(18)24-14-17-6-4-10-21-12-17/h2-4,6-8,10,12,23H,5,9,11,13-16H2,1H3. The molecule has 128 valence electrons. The highest BCUT2D eigenvalue weighted by Crippen LogP contribution is 2.31. The van der Waals surface area contributed by atoms with Gasteiger partial charge in [-0.3, -0.25) is 9.88 Å². The summed E-state index contributed by atoms with van der Waals surface area (Å²) in [7, 11) is 0. The van der Waals surface area contributed by atoms with Crippen LogP contribution in [-0.2, 0) is 13.2 Å². The third-order valence-corrected chi connectivity index (χ3v) is 4.73. The van der Waals surface area contributed by atoms with Crippen molar-refractivity contribution in [3.63, 3.8) is 0 Å². The predicted molar refractivity (Wildman–Crippen MR) is 94.7 cm³/mol. The van der Waals surface area contributed by atoms with Gasteiger partial charge in [0.15, 0.2) is 0 Å². The fraction of sp³-hybridized carbons (Fsp3) is 0.450. The Labute approximate surface area is 144 Å². The first-order chi connectivity index (χ1) is 11.7. The molecule has 0 spiro atoms. The van der Waals surface area contributed by atoms with Crippen LogP contribution in [0.1, 0.15) is 30.9 Å². The third-order valence-electron chi connectivity index (χ3n) is 4.73. The first kappa shape index (κ1) is 16.9. The van der Waals surface area contributed by atoms with E-state index in [0.29, 0.717) is 6.61 Å². The van der Waals surface area contributed by atoms with E-state index in [4.69, 9.17) is 4.74 Å². The maximum atomic E-state index is 9.64. The number of rotatable bonds is 6. The van der Waals surface area contributed by atoms with Gasteiger partial charge in [0.25, 0.3) is 0 Å². The van der Waals surface area contributed by atoms with E-state index >= 15 is 0 Å². The molecule has 0 bridgehead atoms. The first-order valence-corrected chi connectivity index (χ1v) is 8.61. The molecule has 4 heteroatoms. The SMILES string of the molecule is CC1(CO)CCCN(Cc2ccccc2OCc2cccnc2)C1. The molecular weight excluding hydrogens is 300 g/mol. The summed E-state index contributed by atoms with van der Waals surface area (Å²) in [6.45, 7) is 5.82. The molecule has 0 saturated carbocycles. The average Bonchev–Trinajstić information content (AvgIpc) is 2.62. The molecule has 4 nitrogen and oxygen atoms in total. The van der Waals surface area contributed by atoms with Gasteiger partial charge in [0, 0.05) is 48.6 Å². The minimum Gasteiger partial charge on any atom is -0.489 e. The van der Waals surface area contributed by atoms with Crippen LogP contribution in [0.25, 0.3) is 0 Å². The normalized spacial score (nSPS) is 21.6. The lowest BCUT2D eigenvalue weighted by atomic mass is 9.82. The second-order valence-electron chi connectivity index (χ2n) is 7.04. The molecule has 1 unspecified atom stereocenters. The number of aliphatic hydroxyl groups is 1. The van der Waals surface area contributed by atoms with Gasteiger partial charge in [-0.05, 0) is 31.5 Å². The van der Waals surface area contributed by atoms with Gasteiger partial charge in [0.2, 0.25) is 0 Å². The number of nitrogens with zero attached hydrogens (tertiary/aromatic N) is 2. The van der Waals surface area contributed by atoms with Gasteiger partial charge < -0.3 is 9.84 Å². The van der Waals surface area contributed by atoms with Crippen molar-refractivity contribution in [2.45, 2.75) is 32.9 Å². The van der Waals surface area contributed by atoms with Crippen LogP contribution in [0.15, 0.2) is 48.8 Å². The summed E-state index contributed by atoms with van der Waals surface area (Å²) in [6, 6.07) is 12.2.